The molecule has 1 saturated carbocycles. The van der Waals surface area contributed by atoms with Crippen LogP contribution in [0.3, 0.4) is 0 Å². The van der Waals surface area contributed by atoms with Crippen LogP contribution in [0.4, 0.5) is 0 Å². The lowest BCUT2D eigenvalue weighted by Crippen LogP contribution is -2.62. The van der Waals surface area contributed by atoms with Crippen LogP contribution in [0.2, 0.25) is 0 Å². The molecule has 1 unspecified atom stereocenters. The lowest BCUT2D eigenvalue weighted by atomic mass is 9.82. The van der Waals surface area contributed by atoms with Gasteiger partial charge in [0, 0.05) is 6.04 Å². The van der Waals surface area contributed by atoms with E-state index < -0.39 is 0 Å². The van der Waals surface area contributed by atoms with Gasteiger partial charge in [-0.05, 0) is 32.6 Å². The number of piperazine rings is 1. The summed E-state index contributed by atoms with van der Waals surface area (Å²) in [6.45, 7) is 4.16. The molecule has 2 aliphatic rings. The Hall–Kier alpha value is -1.06. The van der Waals surface area contributed by atoms with Crippen molar-refractivity contribution in [1.82, 2.24) is 10.2 Å². The van der Waals surface area contributed by atoms with Gasteiger partial charge < -0.3 is 10.2 Å². The maximum Gasteiger partial charge on any atom is 0.246 e. The molecule has 4 nitrogen and oxygen atoms in total. The fraction of sp³-hybridized carbons (Fsp3) is 0.846. The molecule has 96 valence electrons. The second-order valence-corrected chi connectivity index (χ2v) is 5.50. The first-order valence-electron chi connectivity index (χ1n) is 6.69. The van der Waals surface area contributed by atoms with Crippen molar-refractivity contribution in [2.45, 2.75) is 58.0 Å². The summed E-state index contributed by atoms with van der Waals surface area (Å²) in [7, 11) is 0. The van der Waals surface area contributed by atoms with Gasteiger partial charge >= 0.3 is 0 Å². The van der Waals surface area contributed by atoms with Gasteiger partial charge in [0.15, 0.2) is 0 Å². The highest BCUT2D eigenvalue weighted by molar-refractivity contribution is 5.95. The van der Waals surface area contributed by atoms with Gasteiger partial charge in [0.2, 0.25) is 11.8 Å². The third-order valence-corrected chi connectivity index (χ3v) is 3.92. The Bertz CT molecular complexity index is 309. The van der Waals surface area contributed by atoms with Crippen LogP contribution in [-0.2, 0) is 9.59 Å². The quantitative estimate of drug-likeness (QED) is 0.788. The molecule has 2 rings (SSSR count). The highest BCUT2D eigenvalue weighted by Crippen LogP contribution is 2.28. The number of amides is 2. The van der Waals surface area contributed by atoms with E-state index in [2.05, 4.69) is 5.32 Å². The molecule has 4 heteroatoms. The van der Waals surface area contributed by atoms with Gasteiger partial charge in [-0.1, -0.05) is 19.3 Å². The molecule has 0 radical (unpaired) electrons. The lowest BCUT2D eigenvalue weighted by molar-refractivity contribution is -0.148. The average molecular weight is 238 g/mol. The molecular weight excluding hydrogens is 216 g/mol. The van der Waals surface area contributed by atoms with E-state index in [9.17, 15) is 9.59 Å². The van der Waals surface area contributed by atoms with Gasteiger partial charge in [0.05, 0.1) is 6.54 Å². The van der Waals surface area contributed by atoms with Crippen molar-refractivity contribution < 1.29 is 9.59 Å². The molecule has 0 aromatic rings. The summed E-state index contributed by atoms with van der Waals surface area (Å²) in [6.07, 6.45) is 5.78. The summed E-state index contributed by atoms with van der Waals surface area (Å²) in [4.78, 5) is 25.7. The van der Waals surface area contributed by atoms with E-state index in [0.717, 1.165) is 12.8 Å². The number of carbonyl (C=O) groups is 2. The van der Waals surface area contributed by atoms with Crippen LogP contribution in [0.25, 0.3) is 0 Å². The van der Waals surface area contributed by atoms with Gasteiger partial charge in [-0.25, -0.2) is 0 Å². The van der Waals surface area contributed by atoms with Crippen molar-refractivity contribution in [3.05, 3.63) is 0 Å². The van der Waals surface area contributed by atoms with Crippen molar-refractivity contribution in [3.63, 3.8) is 0 Å². The van der Waals surface area contributed by atoms with Gasteiger partial charge in [-0.3, -0.25) is 9.59 Å². The van der Waals surface area contributed by atoms with E-state index in [1.807, 2.05) is 13.8 Å². The minimum Gasteiger partial charge on any atom is -0.342 e. The van der Waals surface area contributed by atoms with E-state index >= 15 is 0 Å². The molecule has 17 heavy (non-hydrogen) atoms. The monoisotopic (exact) mass is 238 g/mol. The molecule has 1 saturated heterocycles. The zero-order chi connectivity index (χ0) is 12.4. The minimum atomic E-state index is -0.265. The summed E-state index contributed by atoms with van der Waals surface area (Å²) >= 11 is 0. The molecule has 2 amide bonds. The normalized spacial score (nSPS) is 27.5. The Morgan fingerprint density at radius 2 is 1.82 bits per heavy atom. The highest BCUT2D eigenvalue weighted by atomic mass is 16.2. The van der Waals surface area contributed by atoms with Gasteiger partial charge in [-0.2, -0.15) is 0 Å². The summed E-state index contributed by atoms with van der Waals surface area (Å²) in [5.74, 6) is 0.460. The van der Waals surface area contributed by atoms with Crippen LogP contribution in [-0.4, -0.2) is 35.3 Å². The third kappa shape index (κ3) is 2.61. The number of rotatable bonds is 2. The Kier molecular flexibility index (Phi) is 3.69. The zero-order valence-electron chi connectivity index (χ0n) is 10.7. The largest absolute Gasteiger partial charge is 0.342 e. The molecule has 1 aliphatic carbocycles. The molecule has 0 aromatic heterocycles. The maximum atomic E-state index is 12.3. The fourth-order valence-corrected chi connectivity index (χ4v) is 2.92. The van der Waals surface area contributed by atoms with E-state index in [4.69, 9.17) is 0 Å². The Morgan fingerprint density at radius 1 is 1.18 bits per heavy atom. The second kappa shape index (κ2) is 5.07. The van der Waals surface area contributed by atoms with Crippen molar-refractivity contribution in [3.8, 4) is 0 Å². The number of nitrogens with one attached hydrogen (secondary N) is 1. The SMILES string of the molecule is CC(C)N1CC(=O)NC(C2CCCCC2)C1=O. The second-order valence-electron chi connectivity index (χ2n) is 5.50. The fourth-order valence-electron chi connectivity index (χ4n) is 2.92. The molecule has 1 atom stereocenters. The molecule has 1 aliphatic heterocycles. The molecular formula is C13H22N2O2. The van der Waals surface area contributed by atoms with Crippen molar-refractivity contribution in [2.24, 2.45) is 5.92 Å². The number of carbonyl (C=O) groups excluding carboxylic acids is 2. The van der Waals surface area contributed by atoms with Crippen molar-refractivity contribution in [1.29, 1.82) is 0 Å². The van der Waals surface area contributed by atoms with Crippen LogP contribution < -0.4 is 5.32 Å². The first-order valence-corrected chi connectivity index (χ1v) is 6.69. The standard InChI is InChI=1S/C13H22N2O2/c1-9(2)15-8-11(16)14-12(13(15)17)10-6-4-3-5-7-10/h9-10,12H,3-8H2,1-2H3,(H,14,16). The first kappa shape index (κ1) is 12.4. The Labute approximate surface area is 103 Å². The molecule has 0 aromatic carbocycles. The number of hydrogen-bond acceptors (Lipinski definition) is 2. The van der Waals surface area contributed by atoms with Gasteiger partial charge in [-0.15, -0.1) is 0 Å². The highest BCUT2D eigenvalue weighted by Gasteiger charge is 2.38. The predicted molar refractivity (Wildman–Crippen MR) is 65.4 cm³/mol. The minimum absolute atomic E-state index is 0.00567. The average Bonchev–Trinajstić information content (AvgIpc) is 2.32. The van der Waals surface area contributed by atoms with Gasteiger partial charge in [0.1, 0.15) is 6.04 Å². The maximum absolute atomic E-state index is 12.3. The van der Waals surface area contributed by atoms with Crippen LogP contribution in [0.1, 0.15) is 46.0 Å². The summed E-state index contributed by atoms with van der Waals surface area (Å²) in [5.41, 5.74) is 0. The predicted octanol–water partition coefficient (Wildman–Crippen LogP) is 1.30. The van der Waals surface area contributed by atoms with Crippen molar-refractivity contribution in [2.75, 3.05) is 6.54 Å². The molecule has 1 N–H and O–H groups in total. The van der Waals surface area contributed by atoms with E-state index in [1.54, 1.807) is 4.90 Å². The third-order valence-electron chi connectivity index (χ3n) is 3.92. The summed E-state index contributed by atoms with van der Waals surface area (Å²) in [5, 5.41) is 2.89. The number of nitrogens with zero attached hydrogens (tertiary/aromatic N) is 1. The summed E-state index contributed by atoms with van der Waals surface area (Å²) in [6, 6.07) is -0.154. The van der Waals surface area contributed by atoms with Crippen LogP contribution in [0.15, 0.2) is 0 Å². The number of hydrogen-bond donors (Lipinski definition) is 1. The van der Waals surface area contributed by atoms with E-state index in [-0.39, 0.29) is 30.4 Å². The Morgan fingerprint density at radius 3 is 2.41 bits per heavy atom. The van der Waals surface area contributed by atoms with Crippen molar-refractivity contribution >= 4 is 11.8 Å². The van der Waals surface area contributed by atoms with E-state index in [1.165, 1.54) is 19.3 Å². The molecule has 0 spiro atoms. The zero-order valence-corrected chi connectivity index (χ0v) is 10.7. The van der Waals surface area contributed by atoms with Gasteiger partial charge in [0.25, 0.3) is 0 Å². The smallest absolute Gasteiger partial charge is 0.246 e. The van der Waals surface area contributed by atoms with Crippen LogP contribution >= 0.6 is 0 Å². The van der Waals surface area contributed by atoms with Crippen LogP contribution in [0, 0.1) is 5.92 Å². The summed E-state index contributed by atoms with van der Waals surface area (Å²) < 4.78 is 0. The molecule has 2 fully saturated rings. The van der Waals surface area contributed by atoms with Crippen LogP contribution in [0.5, 0.6) is 0 Å². The molecule has 0 bridgehead atoms. The first-order chi connectivity index (χ1) is 8.09. The molecule has 1 heterocycles. The lowest BCUT2D eigenvalue weighted by Gasteiger charge is -2.39. The Balaban J connectivity index is 2.09. The van der Waals surface area contributed by atoms with E-state index in [0.29, 0.717) is 5.92 Å². The topological polar surface area (TPSA) is 49.4 Å².